The molecule has 0 spiro atoms. The van der Waals surface area contributed by atoms with E-state index in [2.05, 4.69) is 64.7 Å². The van der Waals surface area contributed by atoms with E-state index in [0.717, 1.165) is 21.7 Å². The summed E-state index contributed by atoms with van der Waals surface area (Å²) < 4.78 is 6.23. The SMILES string of the molecule is COCCNC(c1ccc(Br)cc1)c1nc(C(C)C)cs1. The van der Waals surface area contributed by atoms with Crippen molar-refractivity contribution in [2.24, 2.45) is 0 Å². The predicted molar refractivity (Wildman–Crippen MR) is 92.1 cm³/mol. The molecular weight excluding hydrogens is 348 g/mol. The van der Waals surface area contributed by atoms with Gasteiger partial charge in [0.15, 0.2) is 0 Å². The number of hydrogen-bond donors (Lipinski definition) is 1. The molecule has 0 radical (unpaired) electrons. The molecule has 21 heavy (non-hydrogen) atoms. The highest BCUT2D eigenvalue weighted by molar-refractivity contribution is 9.10. The normalized spacial score (nSPS) is 12.8. The molecule has 0 saturated heterocycles. The maximum Gasteiger partial charge on any atom is 0.114 e. The van der Waals surface area contributed by atoms with Crippen molar-refractivity contribution in [2.45, 2.75) is 25.8 Å². The minimum Gasteiger partial charge on any atom is -0.383 e. The molecule has 1 unspecified atom stereocenters. The molecule has 0 aliphatic rings. The van der Waals surface area contributed by atoms with Crippen LogP contribution < -0.4 is 5.32 Å². The Hall–Kier alpha value is -0.750. The summed E-state index contributed by atoms with van der Waals surface area (Å²) in [6, 6.07) is 8.51. The number of aromatic nitrogens is 1. The second kappa shape index (κ2) is 8.03. The third-order valence-corrected chi connectivity index (χ3v) is 4.69. The van der Waals surface area contributed by atoms with Crippen LogP contribution in [-0.2, 0) is 4.74 Å². The Labute approximate surface area is 138 Å². The number of ether oxygens (including phenoxy) is 1. The van der Waals surface area contributed by atoms with Gasteiger partial charge < -0.3 is 10.1 Å². The van der Waals surface area contributed by atoms with E-state index in [1.807, 2.05) is 0 Å². The van der Waals surface area contributed by atoms with Gasteiger partial charge in [-0.25, -0.2) is 4.98 Å². The first kappa shape index (κ1) is 16.6. The lowest BCUT2D eigenvalue weighted by molar-refractivity contribution is 0.197. The molecule has 1 N–H and O–H groups in total. The van der Waals surface area contributed by atoms with Crippen LogP contribution in [0.2, 0.25) is 0 Å². The van der Waals surface area contributed by atoms with Gasteiger partial charge in [0, 0.05) is 23.5 Å². The maximum atomic E-state index is 5.14. The van der Waals surface area contributed by atoms with Gasteiger partial charge in [-0.15, -0.1) is 11.3 Å². The zero-order chi connectivity index (χ0) is 15.2. The highest BCUT2D eigenvalue weighted by atomic mass is 79.9. The fraction of sp³-hybridized carbons (Fsp3) is 0.438. The molecule has 114 valence electrons. The smallest absolute Gasteiger partial charge is 0.114 e. The van der Waals surface area contributed by atoms with Gasteiger partial charge in [-0.3, -0.25) is 0 Å². The molecule has 0 aliphatic carbocycles. The van der Waals surface area contributed by atoms with E-state index >= 15 is 0 Å². The summed E-state index contributed by atoms with van der Waals surface area (Å²) in [5.74, 6) is 0.458. The number of benzene rings is 1. The van der Waals surface area contributed by atoms with Crippen molar-refractivity contribution in [3.63, 3.8) is 0 Å². The van der Waals surface area contributed by atoms with Crippen molar-refractivity contribution >= 4 is 27.3 Å². The first-order valence-electron chi connectivity index (χ1n) is 7.05. The Morgan fingerprint density at radius 1 is 1.29 bits per heavy atom. The van der Waals surface area contributed by atoms with Crippen molar-refractivity contribution in [1.82, 2.24) is 10.3 Å². The fourth-order valence-corrected chi connectivity index (χ4v) is 3.35. The number of methoxy groups -OCH3 is 1. The van der Waals surface area contributed by atoms with Gasteiger partial charge in [-0.2, -0.15) is 0 Å². The summed E-state index contributed by atoms with van der Waals surface area (Å²) >= 11 is 5.20. The highest BCUT2D eigenvalue weighted by Crippen LogP contribution is 2.28. The Bertz CT molecular complexity index is 554. The van der Waals surface area contributed by atoms with Gasteiger partial charge in [0.05, 0.1) is 18.3 Å². The Balaban J connectivity index is 2.23. The molecule has 1 heterocycles. The Morgan fingerprint density at radius 3 is 2.57 bits per heavy atom. The summed E-state index contributed by atoms with van der Waals surface area (Å²) in [7, 11) is 1.72. The van der Waals surface area contributed by atoms with Crippen LogP contribution in [0.5, 0.6) is 0 Å². The number of thiazole rings is 1. The quantitative estimate of drug-likeness (QED) is 0.737. The average molecular weight is 369 g/mol. The van der Waals surface area contributed by atoms with Crippen molar-refractivity contribution in [3.8, 4) is 0 Å². The van der Waals surface area contributed by atoms with Crippen LogP contribution in [0.25, 0.3) is 0 Å². The number of hydrogen-bond acceptors (Lipinski definition) is 4. The number of nitrogens with zero attached hydrogens (tertiary/aromatic N) is 1. The molecule has 0 fully saturated rings. The molecule has 5 heteroatoms. The first-order valence-corrected chi connectivity index (χ1v) is 8.72. The van der Waals surface area contributed by atoms with Gasteiger partial charge in [-0.1, -0.05) is 41.9 Å². The fourth-order valence-electron chi connectivity index (χ4n) is 2.01. The second-order valence-corrected chi connectivity index (χ2v) is 7.00. The van der Waals surface area contributed by atoms with E-state index < -0.39 is 0 Å². The van der Waals surface area contributed by atoms with E-state index in [1.54, 1.807) is 18.4 Å². The molecule has 0 saturated carbocycles. The molecule has 2 rings (SSSR count). The largest absolute Gasteiger partial charge is 0.383 e. The van der Waals surface area contributed by atoms with Crippen LogP contribution in [0.4, 0.5) is 0 Å². The third kappa shape index (κ3) is 4.61. The lowest BCUT2D eigenvalue weighted by Crippen LogP contribution is -2.26. The summed E-state index contributed by atoms with van der Waals surface area (Å²) in [5.41, 5.74) is 2.38. The molecule has 1 aromatic carbocycles. The molecule has 0 bridgehead atoms. The lowest BCUT2D eigenvalue weighted by Gasteiger charge is -2.17. The van der Waals surface area contributed by atoms with Crippen LogP contribution in [-0.4, -0.2) is 25.2 Å². The molecule has 0 amide bonds. The maximum absolute atomic E-state index is 5.14. The van der Waals surface area contributed by atoms with Gasteiger partial charge >= 0.3 is 0 Å². The monoisotopic (exact) mass is 368 g/mol. The molecule has 1 aromatic heterocycles. The molecule has 1 atom stereocenters. The first-order chi connectivity index (χ1) is 10.1. The van der Waals surface area contributed by atoms with Gasteiger partial charge in [0.1, 0.15) is 5.01 Å². The molecule has 2 aromatic rings. The molecular formula is C16H21BrN2OS. The summed E-state index contributed by atoms with van der Waals surface area (Å²) in [4.78, 5) is 4.79. The van der Waals surface area contributed by atoms with Crippen LogP contribution >= 0.6 is 27.3 Å². The van der Waals surface area contributed by atoms with Gasteiger partial charge in [0.2, 0.25) is 0 Å². The van der Waals surface area contributed by atoms with Crippen LogP contribution in [0.15, 0.2) is 34.1 Å². The average Bonchev–Trinajstić information content (AvgIpc) is 2.95. The topological polar surface area (TPSA) is 34.1 Å². The number of rotatable bonds is 7. The minimum absolute atomic E-state index is 0.116. The van der Waals surface area contributed by atoms with Crippen LogP contribution in [0.1, 0.15) is 42.1 Å². The predicted octanol–water partition coefficient (Wildman–Crippen LogP) is 4.35. The zero-order valence-electron chi connectivity index (χ0n) is 12.6. The van der Waals surface area contributed by atoms with E-state index in [0.29, 0.717) is 12.5 Å². The van der Waals surface area contributed by atoms with E-state index in [4.69, 9.17) is 9.72 Å². The molecule has 3 nitrogen and oxygen atoms in total. The Morgan fingerprint density at radius 2 is 2.00 bits per heavy atom. The summed E-state index contributed by atoms with van der Waals surface area (Å²) in [6.45, 7) is 5.83. The standard InChI is InChI=1S/C16H21BrN2OS/c1-11(2)14-10-21-16(19-14)15(18-8-9-20-3)12-4-6-13(17)7-5-12/h4-7,10-11,15,18H,8-9H2,1-3H3. The van der Waals surface area contributed by atoms with Crippen LogP contribution in [0, 0.1) is 0 Å². The second-order valence-electron chi connectivity index (χ2n) is 5.20. The van der Waals surface area contributed by atoms with E-state index in [1.165, 1.54) is 5.56 Å². The van der Waals surface area contributed by atoms with E-state index in [9.17, 15) is 0 Å². The Kier molecular flexibility index (Phi) is 6.36. The van der Waals surface area contributed by atoms with Crippen molar-refractivity contribution in [2.75, 3.05) is 20.3 Å². The zero-order valence-corrected chi connectivity index (χ0v) is 15.0. The van der Waals surface area contributed by atoms with Gasteiger partial charge in [0.25, 0.3) is 0 Å². The highest BCUT2D eigenvalue weighted by Gasteiger charge is 2.18. The number of halogens is 1. The molecule has 0 aliphatic heterocycles. The third-order valence-electron chi connectivity index (χ3n) is 3.24. The van der Waals surface area contributed by atoms with Gasteiger partial charge in [-0.05, 0) is 23.6 Å². The number of nitrogens with one attached hydrogen (secondary N) is 1. The van der Waals surface area contributed by atoms with Crippen molar-refractivity contribution in [3.05, 3.63) is 50.4 Å². The van der Waals surface area contributed by atoms with E-state index in [-0.39, 0.29) is 6.04 Å². The van der Waals surface area contributed by atoms with Crippen molar-refractivity contribution < 1.29 is 4.74 Å². The summed E-state index contributed by atoms with van der Waals surface area (Å²) in [5, 5.41) is 6.80. The minimum atomic E-state index is 0.116. The van der Waals surface area contributed by atoms with Crippen molar-refractivity contribution in [1.29, 1.82) is 0 Å². The van der Waals surface area contributed by atoms with Crippen LogP contribution in [0.3, 0.4) is 0 Å². The lowest BCUT2D eigenvalue weighted by atomic mass is 10.1. The summed E-state index contributed by atoms with van der Waals surface area (Å²) in [6.07, 6.45) is 0.